The molecule has 1 unspecified atom stereocenters. The lowest BCUT2D eigenvalue weighted by atomic mass is 9.72. The summed E-state index contributed by atoms with van der Waals surface area (Å²) in [5.74, 6) is -3.56. The number of allylic oxidation sites excluding steroid dienone is 1. The first kappa shape index (κ1) is 23.6. The van der Waals surface area contributed by atoms with E-state index in [4.69, 9.17) is 9.15 Å². The standard InChI is InChI=1S/C24H23F3N2O5/c1-22(2)11-15-19(16(30)12-22)23(24(25,26)27,28-20(31)18-9-6-10-34-18)21(32)29(15)13-14-7-4-5-8-17(14)33-3/h4-10H,11-13H2,1-3H3,(H,28,31). The normalized spacial score (nSPS) is 22.1. The van der Waals surface area contributed by atoms with Crippen molar-refractivity contribution in [1.82, 2.24) is 10.2 Å². The van der Waals surface area contributed by atoms with Crippen molar-refractivity contribution < 1.29 is 36.7 Å². The van der Waals surface area contributed by atoms with E-state index >= 15 is 0 Å². The SMILES string of the molecule is COc1ccccc1CN1C(=O)C(NC(=O)c2ccco2)(C(F)(F)F)C2=C1CC(C)(C)CC2=O. The largest absolute Gasteiger partial charge is 0.496 e. The summed E-state index contributed by atoms with van der Waals surface area (Å²) in [6.45, 7) is 3.23. The number of amides is 2. The van der Waals surface area contributed by atoms with Gasteiger partial charge in [0.25, 0.3) is 11.8 Å². The third-order valence-corrected chi connectivity index (χ3v) is 6.11. The topological polar surface area (TPSA) is 88.8 Å². The summed E-state index contributed by atoms with van der Waals surface area (Å²) in [6, 6.07) is 9.11. The van der Waals surface area contributed by atoms with Gasteiger partial charge >= 0.3 is 6.18 Å². The molecular weight excluding hydrogens is 453 g/mol. The molecule has 1 N–H and O–H groups in total. The second kappa shape index (κ2) is 8.03. The molecule has 0 spiro atoms. The number of alkyl halides is 3. The fourth-order valence-corrected chi connectivity index (χ4v) is 4.64. The fourth-order valence-electron chi connectivity index (χ4n) is 4.64. The van der Waals surface area contributed by atoms with Crippen LogP contribution < -0.4 is 10.1 Å². The number of nitrogens with one attached hydrogen (secondary N) is 1. The van der Waals surface area contributed by atoms with E-state index in [-0.39, 0.29) is 25.1 Å². The molecule has 2 aliphatic rings. The minimum atomic E-state index is -5.29. The summed E-state index contributed by atoms with van der Waals surface area (Å²) >= 11 is 0. The lowest BCUT2D eigenvalue weighted by Gasteiger charge is -2.35. The average molecular weight is 476 g/mol. The van der Waals surface area contributed by atoms with Gasteiger partial charge in [0.05, 0.1) is 25.5 Å². The number of carbonyl (C=O) groups is 3. The van der Waals surface area contributed by atoms with Gasteiger partial charge in [-0.25, -0.2) is 0 Å². The highest BCUT2D eigenvalue weighted by molar-refractivity contribution is 6.14. The van der Waals surface area contributed by atoms with E-state index in [2.05, 4.69) is 0 Å². The highest BCUT2D eigenvalue weighted by atomic mass is 19.4. The van der Waals surface area contributed by atoms with Crippen molar-refractivity contribution in [2.75, 3.05) is 7.11 Å². The fraction of sp³-hybridized carbons (Fsp3) is 0.375. The average Bonchev–Trinajstić information content (AvgIpc) is 3.35. The van der Waals surface area contributed by atoms with E-state index in [9.17, 15) is 27.6 Å². The van der Waals surface area contributed by atoms with E-state index in [1.54, 1.807) is 38.1 Å². The molecule has 180 valence electrons. The molecule has 2 heterocycles. The van der Waals surface area contributed by atoms with Gasteiger partial charge in [0.2, 0.25) is 5.54 Å². The van der Waals surface area contributed by atoms with Gasteiger partial charge < -0.3 is 19.4 Å². The number of hydrogen-bond donors (Lipinski definition) is 1. The summed E-state index contributed by atoms with van der Waals surface area (Å²) in [5, 5.41) is 1.83. The van der Waals surface area contributed by atoms with Crippen LogP contribution in [0.4, 0.5) is 13.2 Å². The van der Waals surface area contributed by atoms with E-state index in [1.807, 2.05) is 5.32 Å². The number of methoxy groups -OCH3 is 1. The van der Waals surface area contributed by atoms with Gasteiger partial charge in [0.1, 0.15) is 5.75 Å². The maximum atomic E-state index is 14.8. The van der Waals surface area contributed by atoms with Crippen molar-refractivity contribution in [1.29, 1.82) is 0 Å². The van der Waals surface area contributed by atoms with Crippen molar-refractivity contribution in [3.63, 3.8) is 0 Å². The molecular formula is C24H23F3N2O5. The molecule has 1 aromatic heterocycles. The van der Waals surface area contributed by atoms with E-state index in [0.717, 1.165) is 11.2 Å². The quantitative estimate of drug-likeness (QED) is 0.705. The highest BCUT2D eigenvalue weighted by Crippen LogP contribution is 2.52. The van der Waals surface area contributed by atoms with Gasteiger partial charge in [0.15, 0.2) is 11.5 Å². The number of halogens is 3. The highest BCUT2D eigenvalue weighted by Gasteiger charge is 2.71. The third kappa shape index (κ3) is 3.66. The Kier molecular flexibility index (Phi) is 5.58. The molecule has 0 saturated carbocycles. The Bertz CT molecular complexity index is 1180. The molecule has 34 heavy (non-hydrogen) atoms. The minimum Gasteiger partial charge on any atom is -0.496 e. The minimum absolute atomic E-state index is 0.0451. The Labute approximate surface area is 193 Å². The molecule has 1 aromatic carbocycles. The molecule has 0 fully saturated rings. The van der Waals surface area contributed by atoms with Crippen LogP contribution in [0.25, 0.3) is 0 Å². The number of para-hydroxylation sites is 1. The van der Waals surface area contributed by atoms with Crippen LogP contribution in [0.5, 0.6) is 5.75 Å². The molecule has 10 heteroatoms. The first-order valence-electron chi connectivity index (χ1n) is 10.5. The number of ether oxygens (including phenoxy) is 1. The maximum absolute atomic E-state index is 14.8. The lowest BCUT2D eigenvalue weighted by molar-refractivity contribution is -0.191. The Morgan fingerprint density at radius 2 is 1.85 bits per heavy atom. The van der Waals surface area contributed by atoms with Crippen molar-refractivity contribution >= 4 is 17.6 Å². The molecule has 1 aliphatic carbocycles. The Hall–Kier alpha value is -3.56. The van der Waals surface area contributed by atoms with E-state index in [1.165, 1.54) is 19.2 Å². The monoisotopic (exact) mass is 476 g/mol. The molecule has 0 radical (unpaired) electrons. The van der Waals surface area contributed by atoms with Crippen LogP contribution in [0.2, 0.25) is 0 Å². The first-order chi connectivity index (χ1) is 15.9. The van der Waals surface area contributed by atoms with Crippen LogP contribution in [-0.2, 0) is 16.1 Å². The molecule has 2 aromatic rings. The van der Waals surface area contributed by atoms with Gasteiger partial charge in [-0.2, -0.15) is 13.2 Å². The number of hydrogen-bond acceptors (Lipinski definition) is 5. The van der Waals surface area contributed by atoms with Gasteiger partial charge in [-0.3, -0.25) is 14.4 Å². The van der Waals surface area contributed by atoms with Crippen LogP contribution in [0.1, 0.15) is 42.8 Å². The van der Waals surface area contributed by atoms with Crippen LogP contribution in [0.15, 0.2) is 58.3 Å². The molecule has 0 bridgehead atoms. The molecule has 0 saturated heterocycles. The number of nitrogens with zero attached hydrogens (tertiary/aromatic N) is 1. The Morgan fingerprint density at radius 3 is 2.47 bits per heavy atom. The Balaban J connectivity index is 1.89. The lowest BCUT2D eigenvalue weighted by Crippen LogP contribution is -2.66. The molecule has 1 atom stereocenters. The zero-order chi connectivity index (χ0) is 24.9. The molecule has 1 aliphatic heterocycles. The van der Waals surface area contributed by atoms with E-state index in [0.29, 0.717) is 11.3 Å². The van der Waals surface area contributed by atoms with E-state index < -0.39 is 46.1 Å². The van der Waals surface area contributed by atoms with Gasteiger partial charge in [0, 0.05) is 17.7 Å². The van der Waals surface area contributed by atoms with Crippen LogP contribution in [0.3, 0.4) is 0 Å². The zero-order valence-electron chi connectivity index (χ0n) is 18.8. The van der Waals surface area contributed by atoms with Gasteiger partial charge in [-0.15, -0.1) is 0 Å². The number of Topliss-reactive ketones (excluding diaryl/α,β-unsaturated/α-hetero) is 1. The molecule has 2 amide bonds. The smallest absolute Gasteiger partial charge is 0.425 e. The van der Waals surface area contributed by atoms with Crippen molar-refractivity contribution in [2.45, 2.75) is 44.9 Å². The summed E-state index contributed by atoms with van der Waals surface area (Å²) in [5.41, 5.74) is -4.53. The van der Waals surface area contributed by atoms with Crippen molar-refractivity contribution in [3.05, 3.63) is 65.3 Å². The predicted octanol–water partition coefficient (Wildman–Crippen LogP) is 4.00. The zero-order valence-corrected chi connectivity index (χ0v) is 18.8. The van der Waals surface area contributed by atoms with Crippen LogP contribution in [-0.4, -0.2) is 41.3 Å². The summed E-state index contributed by atoms with van der Waals surface area (Å²) in [4.78, 5) is 40.4. The number of rotatable bonds is 5. The second-order valence-corrected chi connectivity index (χ2v) is 9.14. The molecule has 7 nitrogen and oxygen atoms in total. The molecule has 4 rings (SSSR count). The summed E-state index contributed by atoms with van der Waals surface area (Å²) < 4.78 is 54.5. The number of furan rings is 1. The Morgan fingerprint density at radius 1 is 1.15 bits per heavy atom. The summed E-state index contributed by atoms with van der Waals surface area (Å²) in [7, 11) is 1.41. The van der Waals surface area contributed by atoms with Crippen molar-refractivity contribution in [3.8, 4) is 5.75 Å². The third-order valence-electron chi connectivity index (χ3n) is 6.11. The van der Waals surface area contributed by atoms with Crippen LogP contribution in [0, 0.1) is 5.41 Å². The maximum Gasteiger partial charge on any atom is 0.425 e. The second-order valence-electron chi connectivity index (χ2n) is 9.14. The number of carbonyl (C=O) groups excluding carboxylic acids is 3. The first-order valence-corrected chi connectivity index (χ1v) is 10.5. The predicted molar refractivity (Wildman–Crippen MR) is 114 cm³/mol. The number of ketones is 1. The summed E-state index contributed by atoms with van der Waals surface area (Å²) in [6.07, 6.45) is -4.32. The van der Waals surface area contributed by atoms with Crippen LogP contribution >= 0.6 is 0 Å². The number of benzene rings is 1. The van der Waals surface area contributed by atoms with Gasteiger partial charge in [-0.05, 0) is 30.0 Å². The van der Waals surface area contributed by atoms with Crippen molar-refractivity contribution in [2.24, 2.45) is 5.41 Å². The van der Waals surface area contributed by atoms with Gasteiger partial charge in [-0.1, -0.05) is 32.0 Å².